The zero-order valence-corrected chi connectivity index (χ0v) is 7.72. The lowest BCUT2D eigenvalue weighted by Crippen LogP contribution is -2.34. The van der Waals surface area contributed by atoms with Crippen molar-refractivity contribution in [1.29, 1.82) is 5.26 Å². The second kappa shape index (κ2) is 7.86. The SMILES string of the molecule is CCCCN=C(NC#N)NCC. The molecule has 0 saturated carbocycles. The molecule has 0 spiro atoms. The van der Waals surface area contributed by atoms with Gasteiger partial charge in [0.15, 0.2) is 6.19 Å². The lowest BCUT2D eigenvalue weighted by Gasteiger charge is -2.03. The highest BCUT2D eigenvalue weighted by molar-refractivity contribution is 5.81. The van der Waals surface area contributed by atoms with Crippen LogP contribution in [0.2, 0.25) is 0 Å². The molecule has 0 heterocycles. The van der Waals surface area contributed by atoms with Gasteiger partial charge in [0.05, 0.1) is 0 Å². The minimum atomic E-state index is 0.577. The molecule has 0 aromatic heterocycles. The zero-order valence-electron chi connectivity index (χ0n) is 7.72. The van der Waals surface area contributed by atoms with E-state index in [9.17, 15) is 0 Å². The standard InChI is InChI=1S/C8H16N4/c1-3-5-6-11-8(10-4-2)12-7-9/h3-6H2,1-2H3,(H2,10,11,12). The molecular formula is C8H16N4. The van der Waals surface area contributed by atoms with Crippen LogP contribution in [0.3, 0.4) is 0 Å². The lowest BCUT2D eigenvalue weighted by atomic mass is 10.3. The number of unbranched alkanes of at least 4 members (excludes halogenated alkanes) is 1. The van der Waals surface area contributed by atoms with Gasteiger partial charge in [-0.15, -0.1) is 0 Å². The number of guanidine groups is 1. The number of nitrogens with zero attached hydrogens (tertiary/aromatic N) is 2. The molecule has 0 bridgehead atoms. The van der Waals surface area contributed by atoms with Crippen LogP contribution >= 0.6 is 0 Å². The van der Waals surface area contributed by atoms with Gasteiger partial charge in [-0.2, -0.15) is 5.26 Å². The molecule has 4 heteroatoms. The summed E-state index contributed by atoms with van der Waals surface area (Å²) < 4.78 is 0. The van der Waals surface area contributed by atoms with Gasteiger partial charge in [0.25, 0.3) is 0 Å². The van der Waals surface area contributed by atoms with Crippen molar-refractivity contribution in [3.63, 3.8) is 0 Å². The molecule has 0 aliphatic carbocycles. The third-order valence-electron chi connectivity index (χ3n) is 1.30. The van der Waals surface area contributed by atoms with E-state index < -0.39 is 0 Å². The van der Waals surface area contributed by atoms with Crippen molar-refractivity contribution < 1.29 is 0 Å². The minimum absolute atomic E-state index is 0.577. The molecule has 0 rings (SSSR count). The predicted molar refractivity (Wildman–Crippen MR) is 49.6 cm³/mol. The predicted octanol–water partition coefficient (Wildman–Crippen LogP) is 0.823. The van der Waals surface area contributed by atoms with E-state index in [2.05, 4.69) is 22.5 Å². The molecular weight excluding hydrogens is 152 g/mol. The van der Waals surface area contributed by atoms with Crippen molar-refractivity contribution in [3.05, 3.63) is 0 Å². The minimum Gasteiger partial charge on any atom is -0.356 e. The highest BCUT2D eigenvalue weighted by atomic mass is 15.2. The van der Waals surface area contributed by atoms with E-state index in [-0.39, 0.29) is 0 Å². The van der Waals surface area contributed by atoms with Gasteiger partial charge in [-0.05, 0) is 13.3 Å². The van der Waals surface area contributed by atoms with Crippen molar-refractivity contribution >= 4 is 5.96 Å². The lowest BCUT2D eigenvalue weighted by molar-refractivity contribution is 0.793. The van der Waals surface area contributed by atoms with E-state index >= 15 is 0 Å². The highest BCUT2D eigenvalue weighted by Gasteiger charge is 1.92. The first kappa shape index (κ1) is 10.8. The van der Waals surface area contributed by atoms with Crippen molar-refractivity contribution in [3.8, 4) is 6.19 Å². The average molecular weight is 168 g/mol. The number of nitriles is 1. The van der Waals surface area contributed by atoms with E-state index in [0.29, 0.717) is 5.96 Å². The largest absolute Gasteiger partial charge is 0.356 e. The van der Waals surface area contributed by atoms with Gasteiger partial charge in [-0.1, -0.05) is 13.3 Å². The van der Waals surface area contributed by atoms with Crippen LogP contribution in [0.1, 0.15) is 26.7 Å². The fraction of sp³-hybridized carbons (Fsp3) is 0.750. The van der Waals surface area contributed by atoms with E-state index in [1.165, 1.54) is 0 Å². The molecule has 0 fully saturated rings. The van der Waals surface area contributed by atoms with Gasteiger partial charge < -0.3 is 5.32 Å². The highest BCUT2D eigenvalue weighted by Crippen LogP contribution is 1.86. The molecule has 0 atom stereocenters. The number of rotatable bonds is 4. The maximum atomic E-state index is 8.34. The van der Waals surface area contributed by atoms with Crippen LogP contribution in [0.4, 0.5) is 0 Å². The summed E-state index contributed by atoms with van der Waals surface area (Å²) in [6.45, 7) is 5.63. The average Bonchev–Trinajstić information content (AvgIpc) is 2.06. The summed E-state index contributed by atoms with van der Waals surface area (Å²) in [5.74, 6) is 0.577. The Labute approximate surface area is 73.7 Å². The van der Waals surface area contributed by atoms with E-state index in [1.54, 1.807) is 0 Å². The third kappa shape index (κ3) is 5.54. The van der Waals surface area contributed by atoms with Crippen molar-refractivity contribution in [2.24, 2.45) is 4.99 Å². The molecule has 0 aromatic carbocycles. The first-order chi connectivity index (χ1) is 5.85. The fourth-order valence-electron chi connectivity index (χ4n) is 0.709. The third-order valence-corrected chi connectivity index (χ3v) is 1.30. The van der Waals surface area contributed by atoms with Crippen LogP contribution in [-0.2, 0) is 0 Å². The summed E-state index contributed by atoms with van der Waals surface area (Å²) in [6, 6.07) is 0. The smallest absolute Gasteiger partial charge is 0.204 e. The molecule has 0 saturated heterocycles. The number of nitrogens with one attached hydrogen (secondary N) is 2. The van der Waals surface area contributed by atoms with E-state index in [0.717, 1.165) is 25.9 Å². The van der Waals surface area contributed by atoms with Crippen LogP contribution < -0.4 is 10.6 Å². The molecule has 0 unspecified atom stereocenters. The fourth-order valence-corrected chi connectivity index (χ4v) is 0.709. The Bertz CT molecular complexity index is 168. The summed E-state index contributed by atoms with van der Waals surface area (Å²) in [4.78, 5) is 4.16. The Morgan fingerprint density at radius 3 is 2.75 bits per heavy atom. The van der Waals surface area contributed by atoms with Gasteiger partial charge in [0, 0.05) is 13.1 Å². The maximum Gasteiger partial charge on any atom is 0.204 e. The normalized spacial score (nSPS) is 10.6. The summed E-state index contributed by atoms with van der Waals surface area (Å²) in [6.07, 6.45) is 4.01. The molecule has 0 aliphatic heterocycles. The second-order valence-corrected chi connectivity index (χ2v) is 2.35. The van der Waals surface area contributed by atoms with Crippen LogP contribution in [0.15, 0.2) is 4.99 Å². The molecule has 0 aliphatic rings. The topological polar surface area (TPSA) is 60.2 Å². The number of hydrogen-bond acceptors (Lipinski definition) is 2. The quantitative estimate of drug-likeness (QED) is 0.215. The Hall–Kier alpha value is -1.24. The van der Waals surface area contributed by atoms with Crippen LogP contribution in [0.25, 0.3) is 0 Å². The molecule has 12 heavy (non-hydrogen) atoms. The van der Waals surface area contributed by atoms with Gasteiger partial charge in [-0.3, -0.25) is 10.3 Å². The number of aliphatic imine (C=N–C) groups is 1. The van der Waals surface area contributed by atoms with Crippen molar-refractivity contribution in [1.82, 2.24) is 10.6 Å². The first-order valence-electron chi connectivity index (χ1n) is 4.28. The van der Waals surface area contributed by atoms with E-state index in [1.807, 2.05) is 13.1 Å². The molecule has 0 amide bonds. The second-order valence-electron chi connectivity index (χ2n) is 2.35. The van der Waals surface area contributed by atoms with Crippen LogP contribution in [0, 0.1) is 11.5 Å². The Kier molecular flexibility index (Phi) is 7.05. The monoisotopic (exact) mass is 168 g/mol. The summed E-state index contributed by atoms with van der Waals surface area (Å²) in [5.41, 5.74) is 0. The van der Waals surface area contributed by atoms with Crippen molar-refractivity contribution in [2.45, 2.75) is 26.7 Å². The Morgan fingerprint density at radius 1 is 1.50 bits per heavy atom. The number of hydrogen-bond donors (Lipinski definition) is 2. The maximum absolute atomic E-state index is 8.34. The Morgan fingerprint density at radius 2 is 2.25 bits per heavy atom. The zero-order chi connectivity index (χ0) is 9.23. The van der Waals surface area contributed by atoms with Gasteiger partial charge in [-0.25, -0.2) is 0 Å². The van der Waals surface area contributed by atoms with E-state index in [4.69, 9.17) is 5.26 Å². The van der Waals surface area contributed by atoms with Crippen LogP contribution in [0.5, 0.6) is 0 Å². The molecule has 0 aromatic rings. The van der Waals surface area contributed by atoms with Gasteiger partial charge >= 0.3 is 0 Å². The molecule has 68 valence electrons. The molecule has 0 radical (unpaired) electrons. The summed E-state index contributed by atoms with van der Waals surface area (Å²) in [5, 5.41) is 13.8. The van der Waals surface area contributed by atoms with Crippen molar-refractivity contribution in [2.75, 3.05) is 13.1 Å². The van der Waals surface area contributed by atoms with Gasteiger partial charge in [0.2, 0.25) is 5.96 Å². The summed E-state index contributed by atoms with van der Waals surface area (Å²) in [7, 11) is 0. The molecule has 4 nitrogen and oxygen atoms in total. The van der Waals surface area contributed by atoms with Gasteiger partial charge in [0.1, 0.15) is 0 Å². The molecule has 2 N–H and O–H groups in total. The Balaban J connectivity index is 3.74. The summed E-state index contributed by atoms with van der Waals surface area (Å²) >= 11 is 0. The van der Waals surface area contributed by atoms with Crippen LogP contribution in [-0.4, -0.2) is 19.0 Å². The first-order valence-corrected chi connectivity index (χ1v) is 4.28.